The highest BCUT2D eigenvalue weighted by Gasteiger charge is 2.46. The normalized spacial score (nSPS) is 26.0. The molecule has 7 nitrogen and oxygen atoms in total. The van der Waals surface area contributed by atoms with Gasteiger partial charge in [-0.15, -0.1) is 0 Å². The Balaban J connectivity index is 1.25. The first-order valence-electron chi connectivity index (χ1n) is 10.1. The zero-order chi connectivity index (χ0) is 19.8. The average Bonchev–Trinajstić information content (AvgIpc) is 3.48. The first-order valence-corrected chi connectivity index (χ1v) is 10.1. The number of carbonyl (C=O) groups is 1. The van der Waals surface area contributed by atoms with Crippen molar-refractivity contribution in [3.63, 3.8) is 0 Å². The summed E-state index contributed by atoms with van der Waals surface area (Å²) in [5.41, 5.74) is 1.53. The molecule has 7 heteroatoms. The number of carbonyl (C=O) groups excluding carboxylic acids is 1. The van der Waals surface area contributed by atoms with Gasteiger partial charge in [0.1, 0.15) is 23.9 Å². The lowest BCUT2D eigenvalue weighted by Gasteiger charge is -2.26. The number of aromatic nitrogens is 2. The molecule has 3 atom stereocenters. The van der Waals surface area contributed by atoms with Crippen LogP contribution in [0.3, 0.4) is 0 Å². The standard InChI is InChI=1S/C22H22N6O/c23-11-19-10-21(25-14-24-19)27-12-17-8-16(9-18(17)13-27)22(29)28-20(6-7-26-28)15-4-2-1-3-5-15/h1-5,7,10,14,16-18,20H,6,8-9,12-13H2/t17-,18-,20+/m1/s1. The molecule has 1 saturated carbocycles. The first kappa shape index (κ1) is 17.8. The van der Waals surface area contributed by atoms with E-state index in [1.54, 1.807) is 11.1 Å². The number of hydrogen-bond acceptors (Lipinski definition) is 6. The van der Waals surface area contributed by atoms with Crippen molar-refractivity contribution in [3.05, 3.63) is 54.0 Å². The molecule has 0 radical (unpaired) electrons. The summed E-state index contributed by atoms with van der Waals surface area (Å²) in [6.07, 6.45) is 5.86. The van der Waals surface area contributed by atoms with Gasteiger partial charge in [0.2, 0.25) is 5.91 Å². The van der Waals surface area contributed by atoms with E-state index in [0.717, 1.165) is 43.7 Å². The number of benzene rings is 1. The number of fused-ring (bicyclic) bond motifs is 1. The van der Waals surface area contributed by atoms with E-state index in [4.69, 9.17) is 5.26 Å². The summed E-state index contributed by atoms with van der Waals surface area (Å²) in [6, 6.07) is 14.0. The van der Waals surface area contributed by atoms with Crippen LogP contribution in [0.15, 0.2) is 47.8 Å². The van der Waals surface area contributed by atoms with Gasteiger partial charge in [0.15, 0.2) is 0 Å². The summed E-state index contributed by atoms with van der Waals surface area (Å²) in [5, 5.41) is 15.2. The molecule has 0 bridgehead atoms. The average molecular weight is 386 g/mol. The third-order valence-electron chi connectivity index (χ3n) is 6.43. The van der Waals surface area contributed by atoms with Crippen molar-refractivity contribution in [1.29, 1.82) is 5.26 Å². The third-order valence-corrected chi connectivity index (χ3v) is 6.43. The number of hydrogen-bond donors (Lipinski definition) is 0. The molecule has 1 amide bonds. The van der Waals surface area contributed by atoms with Gasteiger partial charge in [-0.1, -0.05) is 30.3 Å². The lowest BCUT2D eigenvalue weighted by Crippen LogP contribution is -2.33. The summed E-state index contributed by atoms with van der Waals surface area (Å²) in [7, 11) is 0. The molecule has 0 unspecified atom stereocenters. The molecular weight excluding hydrogens is 364 g/mol. The van der Waals surface area contributed by atoms with E-state index in [-0.39, 0.29) is 17.9 Å². The van der Waals surface area contributed by atoms with Crippen LogP contribution in [0.1, 0.15) is 36.6 Å². The first-order chi connectivity index (χ1) is 14.2. The second-order valence-electron chi connectivity index (χ2n) is 8.11. The van der Waals surface area contributed by atoms with Crippen molar-refractivity contribution in [2.75, 3.05) is 18.0 Å². The van der Waals surface area contributed by atoms with Crippen LogP contribution >= 0.6 is 0 Å². The Labute approximate surface area is 169 Å². The van der Waals surface area contributed by atoms with Crippen LogP contribution in [0.2, 0.25) is 0 Å². The second kappa shape index (κ2) is 7.28. The van der Waals surface area contributed by atoms with Crippen molar-refractivity contribution in [2.24, 2.45) is 22.9 Å². The van der Waals surface area contributed by atoms with Gasteiger partial charge in [0.25, 0.3) is 0 Å². The zero-order valence-corrected chi connectivity index (χ0v) is 16.1. The number of nitriles is 1. The van der Waals surface area contributed by atoms with Crippen LogP contribution < -0.4 is 4.90 Å². The van der Waals surface area contributed by atoms with Crippen LogP contribution in [-0.2, 0) is 4.79 Å². The Kier molecular flexibility index (Phi) is 4.47. The summed E-state index contributed by atoms with van der Waals surface area (Å²) < 4.78 is 0. The van der Waals surface area contributed by atoms with Crippen molar-refractivity contribution in [2.45, 2.75) is 25.3 Å². The molecule has 146 valence electrons. The Bertz CT molecular complexity index is 970. The molecule has 3 aliphatic rings. The van der Waals surface area contributed by atoms with E-state index < -0.39 is 0 Å². The van der Waals surface area contributed by atoms with Gasteiger partial charge in [0.05, 0.1) is 6.04 Å². The molecular formula is C22H22N6O. The molecule has 29 heavy (non-hydrogen) atoms. The lowest BCUT2D eigenvalue weighted by atomic mass is 10.0. The molecule has 0 N–H and O–H groups in total. The van der Waals surface area contributed by atoms with Gasteiger partial charge in [-0.2, -0.15) is 10.4 Å². The minimum atomic E-state index is 0.0195. The van der Waals surface area contributed by atoms with Crippen LogP contribution in [0, 0.1) is 29.1 Å². The molecule has 1 saturated heterocycles. The van der Waals surface area contributed by atoms with E-state index in [0.29, 0.717) is 17.5 Å². The number of hydrazone groups is 1. The van der Waals surface area contributed by atoms with Gasteiger partial charge >= 0.3 is 0 Å². The predicted octanol–water partition coefficient (Wildman–Crippen LogP) is 2.77. The van der Waals surface area contributed by atoms with Crippen LogP contribution in [-0.4, -0.2) is 40.2 Å². The lowest BCUT2D eigenvalue weighted by molar-refractivity contribution is -0.137. The number of amides is 1. The third kappa shape index (κ3) is 3.25. The fraction of sp³-hybridized carbons (Fsp3) is 0.409. The Morgan fingerprint density at radius 1 is 1.10 bits per heavy atom. The second-order valence-corrected chi connectivity index (χ2v) is 8.11. The molecule has 2 fully saturated rings. The van der Waals surface area contributed by atoms with Crippen LogP contribution in [0.5, 0.6) is 0 Å². The number of rotatable bonds is 3. The SMILES string of the molecule is N#Cc1cc(N2C[C@H]3CC(C(=O)N4N=CC[C@H]4c4ccccc4)C[C@@H]3C2)ncn1. The number of nitrogens with zero attached hydrogens (tertiary/aromatic N) is 6. The topological polar surface area (TPSA) is 85.5 Å². The Hall–Kier alpha value is -3.27. The zero-order valence-electron chi connectivity index (χ0n) is 16.1. The van der Waals surface area contributed by atoms with E-state index >= 15 is 0 Å². The molecule has 1 aromatic heterocycles. The summed E-state index contributed by atoms with van der Waals surface area (Å²) in [5.74, 6) is 1.95. The highest BCUT2D eigenvalue weighted by Crippen LogP contribution is 2.44. The van der Waals surface area contributed by atoms with Gasteiger partial charge in [0, 0.05) is 37.7 Å². The van der Waals surface area contributed by atoms with E-state index in [2.05, 4.69) is 38.2 Å². The van der Waals surface area contributed by atoms with E-state index in [9.17, 15) is 4.79 Å². The van der Waals surface area contributed by atoms with Gasteiger partial charge in [-0.05, 0) is 30.2 Å². The van der Waals surface area contributed by atoms with Gasteiger partial charge in [-0.25, -0.2) is 15.0 Å². The quantitative estimate of drug-likeness (QED) is 0.810. The number of anilines is 1. The molecule has 1 aliphatic carbocycles. The largest absolute Gasteiger partial charge is 0.356 e. The monoisotopic (exact) mass is 386 g/mol. The fourth-order valence-electron chi connectivity index (χ4n) is 5.04. The fourth-order valence-corrected chi connectivity index (χ4v) is 5.04. The Morgan fingerprint density at radius 2 is 1.86 bits per heavy atom. The van der Waals surface area contributed by atoms with Crippen molar-refractivity contribution < 1.29 is 4.79 Å². The maximum atomic E-state index is 13.2. The predicted molar refractivity (Wildman–Crippen MR) is 108 cm³/mol. The van der Waals surface area contributed by atoms with Crippen LogP contribution in [0.25, 0.3) is 0 Å². The summed E-state index contributed by atoms with van der Waals surface area (Å²) in [6.45, 7) is 1.75. The minimum Gasteiger partial charge on any atom is -0.356 e. The van der Waals surface area contributed by atoms with Gasteiger partial charge in [-0.3, -0.25) is 4.79 Å². The smallest absolute Gasteiger partial charge is 0.246 e. The molecule has 2 aliphatic heterocycles. The summed E-state index contributed by atoms with van der Waals surface area (Å²) >= 11 is 0. The highest BCUT2D eigenvalue weighted by atomic mass is 16.2. The maximum Gasteiger partial charge on any atom is 0.246 e. The molecule has 3 heterocycles. The maximum absolute atomic E-state index is 13.2. The highest BCUT2D eigenvalue weighted by molar-refractivity contribution is 5.82. The Morgan fingerprint density at radius 3 is 2.59 bits per heavy atom. The molecule has 1 aromatic carbocycles. The molecule has 0 spiro atoms. The van der Waals surface area contributed by atoms with Crippen molar-refractivity contribution in [3.8, 4) is 6.07 Å². The van der Waals surface area contributed by atoms with Crippen molar-refractivity contribution in [1.82, 2.24) is 15.0 Å². The van der Waals surface area contributed by atoms with E-state index in [1.165, 1.54) is 6.33 Å². The molecule has 2 aromatic rings. The minimum absolute atomic E-state index is 0.0195. The molecule has 5 rings (SSSR count). The summed E-state index contributed by atoms with van der Waals surface area (Å²) in [4.78, 5) is 23.7. The van der Waals surface area contributed by atoms with Crippen molar-refractivity contribution >= 4 is 17.9 Å². The van der Waals surface area contributed by atoms with Crippen LogP contribution in [0.4, 0.5) is 5.82 Å². The van der Waals surface area contributed by atoms with Gasteiger partial charge < -0.3 is 4.90 Å². The van der Waals surface area contributed by atoms with E-state index in [1.807, 2.05) is 24.4 Å².